The van der Waals surface area contributed by atoms with Crippen LogP contribution in [-0.2, 0) is 9.59 Å². The second-order valence-electron chi connectivity index (χ2n) is 6.32. The molecule has 13 heteroatoms. The Kier molecular flexibility index (Phi) is 7.95. The third-order valence-corrected chi connectivity index (χ3v) is 5.79. The minimum Gasteiger partial charge on any atom is -0.490 e. The zero-order chi connectivity index (χ0) is 24.1. The molecule has 33 heavy (non-hydrogen) atoms. The molecule has 0 saturated carbocycles. The van der Waals surface area contributed by atoms with Crippen LogP contribution in [0.5, 0.6) is 11.5 Å². The number of carbonyl (C=O) groups is 2. The number of nitro benzene ring substituents is 1. The van der Waals surface area contributed by atoms with Gasteiger partial charge in [-0.1, -0.05) is 11.6 Å². The molecule has 3 rings (SSSR count). The molecule has 1 aliphatic rings. The number of nitro groups is 1. The third kappa shape index (κ3) is 6.24. The molecular formula is C20H15BrClN3O7S. The monoisotopic (exact) mass is 555 g/mol. The third-order valence-electron chi connectivity index (χ3n) is 3.98. The summed E-state index contributed by atoms with van der Waals surface area (Å²) in [5, 5.41) is 22.6. The quantitative estimate of drug-likeness (QED) is 0.269. The van der Waals surface area contributed by atoms with Crippen molar-refractivity contribution in [3.05, 3.63) is 60.4 Å². The summed E-state index contributed by atoms with van der Waals surface area (Å²) in [5.74, 6) is -0.971. The SMILES string of the molecule is CCOc1cc(/C=C2/SC(=Nc3ccc([N+](=O)[O-])cc3Cl)NC2=O)cc(Br)c1OCC(=O)O. The molecule has 0 radical (unpaired) electrons. The lowest BCUT2D eigenvalue weighted by molar-refractivity contribution is -0.384. The lowest BCUT2D eigenvalue weighted by atomic mass is 10.2. The summed E-state index contributed by atoms with van der Waals surface area (Å²) < 4.78 is 11.3. The maximum Gasteiger partial charge on any atom is 0.341 e. The van der Waals surface area contributed by atoms with Crippen molar-refractivity contribution >= 4 is 73.8 Å². The van der Waals surface area contributed by atoms with Gasteiger partial charge in [-0.05, 0) is 64.5 Å². The lowest BCUT2D eigenvalue weighted by Crippen LogP contribution is -2.19. The van der Waals surface area contributed by atoms with Crippen LogP contribution in [0.3, 0.4) is 0 Å². The minimum atomic E-state index is -1.13. The van der Waals surface area contributed by atoms with Gasteiger partial charge in [-0.25, -0.2) is 9.79 Å². The summed E-state index contributed by atoms with van der Waals surface area (Å²) in [6.07, 6.45) is 1.61. The largest absolute Gasteiger partial charge is 0.490 e. The van der Waals surface area contributed by atoms with Crippen LogP contribution in [0.15, 0.2) is 44.7 Å². The molecule has 0 aromatic heterocycles. The van der Waals surface area contributed by atoms with E-state index < -0.39 is 23.4 Å². The molecule has 0 spiro atoms. The van der Waals surface area contributed by atoms with Gasteiger partial charge < -0.3 is 19.9 Å². The summed E-state index contributed by atoms with van der Waals surface area (Å²) in [6.45, 7) is 1.55. The lowest BCUT2D eigenvalue weighted by Gasteiger charge is -2.13. The number of carboxylic acid groups (broad SMARTS) is 1. The van der Waals surface area contributed by atoms with Crippen LogP contribution in [0, 0.1) is 10.1 Å². The molecule has 0 unspecified atom stereocenters. The normalized spacial score (nSPS) is 15.5. The van der Waals surface area contributed by atoms with Crippen molar-refractivity contribution in [1.29, 1.82) is 0 Å². The number of carbonyl (C=O) groups excluding carboxylic acids is 1. The Labute approximate surface area is 204 Å². The molecule has 0 aliphatic carbocycles. The summed E-state index contributed by atoms with van der Waals surface area (Å²) in [6, 6.07) is 7.12. The summed E-state index contributed by atoms with van der Waals surface area (Å²) >= 11 is 10.5. The number of non-ortho nitro benzene ring substituents is 1. The molecule has 10 nitrogen and oxygen atoms in total. The standard InChI is InChI=1S/C20H15BrClN3O7S/c1-2-31-15-6-10(5-12(21)18(15)32-9-17(26)27)7-16-19(28)24-20(33-16)23-14-4-3-11(25(29)30)8-13(14)22/h3-8H,2,9H2,1H3,(H,26,27)(H,23,24,28)/b16-7+. The maximum absolute atomic E-state index is 12.4. The fourth-order valence-electron chi connectivity index (χ4n) is 2.65. The van der Waals surface area contributed by atoms with Crippen molar-refractivity contribution in [3.8, 4) is 11.5 Å². The number of hydrogen-bond acceptors (Lipinski definition) is 8. The van der Waals surface area contributed by atoms with Gasteiger partial charge in [0.1, 0.15) is 0 Å². The predicted molar refractivity (Wildman–Crippen MR) is 127 cm³/mol. The van der Waals surface area contributed by atoms with Crippen molar-refractivity contribution in [1.82, 2.24) is 5.32 Å². The highest BCUT2D eigenvalue weighted by Gasteiger charge is 2.25. The Morgan fingerprint density at radius 3 is 2.76 bits per heavy atom. The van der Waals surface area contributed by atoms with Crippen LogP contribution >= 0.6 is 39.3 Å². The van der Waals surface area contributed by atoms with Crippen LogP contribution in [0.1, 0.15) is 12.5 Å². The number of rotatable bonds is 8. The highest BCUT2D eigenvalue weighted by molar-refractivity contribution is 9.10. The highest BCUT2D eigenvalue weighted by Crippen LogP contribution is 2.39. The maximum atomic E-state index is 12.4. The summed E-state index contributed by atoms with van der Waals surface area (Å²) in [4.78, 5) is 38.1. The number of nitrogens with zero attached hydrogens (tertiary/aromatic N) is 2. The van der Waals surface area contributed by atoms with Crippen molar-refractivity contribution < 1.29 is 29.1 Å². The number of aliphatic imine (C=N–C) groups is 1. The second-order valence-corrected chi connectivity index (χ2v) is 8.61. The van der Waals surface area contributed by atoms with E-state index in [-0.39, 0.29) is 27.3 Å². The first kappa shape index (κ1) is 24.6. The number of hydrogen-bond donors (Lipinski definition) is 2. The number of carboxylic acids is 1. The fraction of sp³-hybridized carbons (Fsp3) is 0.150. The smallest absolute Gasteiger partial charge is 0.341 e. The van der Waals surface area contributed by atoms with Gasteiger partial charge in [0, 0.05) is 12.1 Å². The molecule has 1 amide bonds. The molecule has 172 valence electrons. The van der Waals surface area contributed by atoms with Gasteiger partial charge in [0.25, 0.3) is 11.6 Å². The molecule has 1 fully saturated rings. The number of amides is 1. The first-order valence-electron chi connectivity index (χ1n) is 9.22. The van der Waals surface area contributed by atoms with E-state index in [1.807, 2.05) is 0 Å². The highest BCUT2D eigenvalue weighted by atomic mass is 79.9. The van der Waals surface area contributed by atoms with Crippen molar-refractivity contribution in [2.75, 3.05) is 13.2 Å². The minimum absolute atomic E-state index is 0.0752. The molecule has 0 atom stereocenters. The Balaban J connectivity index is 1.87. The zero-order valence-corrected chi connectivity index (χ0v) is 20.0. The predicted octanol–water partition coefficient (Wildman–Crippen LogP) is 4.76. The zero-order valence-electron chi connectivity index (χ0n) is 16.8. The molecular weight excluding hydrogens is 542 g/mol. The molecule has 1 saturated heterocycles. The number of aliphatic carboxylic acids is 1. The number of amidine groups is 1. The van der Waals surface area contributed by atoms with E-state index >= 15 is 0 Å². The van der Waals surface area contributed by atoms with Gasteiger partial charge in [-0.15, -0.1) is 0 Å². The van der Waals surface area contributed by atoms with Gasteiger partial charge in [-0.3, -0.25) is 14.9 Å². The molecule has 0 bridgehead atoms. The van der Waals surface area contributed by atoms with Gasteiger partial charge in [0.2, 0.25) is 0 Å². The van der Waals surface area contributed by atoms with Gasteiger partial charge in [-0.2, -0.15) is 0 Å². The van der Waals surface area contributed by atoms with Crippen LogP contribution in [0.25, 0.3) is 6.08 Å². The van der Waals surface area contributed by atoms with Crippen LogP contribution in [-0.4, -0.2) is 40.3 Å². The molecule has 2 aromatic carbocycles. The Morgan fingerprint density at radius 1 is 1.36 bits per heavy atom. The van der Waals surface area contributed by atoms with Crippen LogP contribution in [0.2, 0.25) is 5.02 Å². The van der Waals surface area contributed by atoms with E-state index in [0.717, 1.165) is 11.8 Å². The molecule has 2 N–H and O–H groups in total. The summed E-state index contributed by atoms with van der Waals surface area (Å²) in [5.41, 5.74) is 0.701. The van der Waals surface area contributed by atoms with E-state index in [0.29, 0.717) is 27.3 Å². The van der Waals surface area contributed by atoms with E-state index in [4.69, 9.17) is 26.2 Å². The molecule has 2 aromatic rings. The fourth-order valence-corrected chi connectivity index (χ4v) is 4.28. The van der Waals surface area contributed by atoms with E-state index in [2.05, 4.69) is 26.2 Å². The average molecular weight is 557 g/mol. The average Bonchev–Trinajstić information content (AvgIpc) is 3.07. The number of nitrogens with one attached hydrogen (secondary N) is 1. The summed E-state index contributed by atoms with van der Waals surface area (Å²) in [7, 11) is 0. The van der Waals surface area contributed by atoms with Gasteiger partial charge in [0.05, 0.1) is 31.6 Å². The first-order valence-corrected chi connectivity index (χ1v) is 11.2. The first-order chi connectivity index (χ1) is 15.7. The number of ether oxygens (including phenoxy) is 2. The van der Waals surface area contributed by atoms with E-state index in [1.165, 1.54) is 18.2 Å². The van der Waals surface area contributed by atoms with Crippen LogP contribution < -0.4 is 14.8 Å². The number of thioether (sulfide) groups is 1. The van der Waals surface area contributed by atoms with Crippen molar-refractivity contribution in [2.45, 2.75) is 6.92 Å². The molecule has 1 aliphatic heterocycles. The number of benzene rings is 2. The number of halogens is 2. The van der Waals surface area contributed by atoms with E-state index in [9.17, 15) is 19.7 Å². The Bertz CT molecular complexity index is 1200. The van der Waals surface area contributed by atoms with Crippen LogP contribution in [0.4, 0.5) is 11.4 Å². The van der Waals surface area contributed by atoms with Crippen molar-refractivity contribution in [3.63, 3.8) is 0 Å². The topological polar surface area (TPSA) is 140 Å². The Hall–Kier alpha value is -3.09. The second kappa shape index (κ2) is 10.7. The van der Waals surface area contributed by atoms with Gasteiger partial charge >= 0.3 is 5.97 Å². The van der Waals surface area contributed by atoms with Gasteiger partial charge in [0.15, 0.2) is 23.3 Å². The van der Waals surface area contributed by atoms with E-state index in [1.54, 1.807) is 25.1 Å². The Morgan fingerprint density at radius 2 is 2.12 bits per heavy atom. The molecule has 1 heterocycles. The van der Waals surface area contributed by atoms with Crippen molar-refractivity contribution in [2.24, 2.45) is 4.99 Å².